The predicted molar refractivity (Wildman–Crippen MR) is 69.8 cm³/mol. The van der Waals surface area contributed by atoms with Crippen molar-refractivity contribution in [3.63, 3.8) is 0 Å². The number of piperidine rings is 1. The van der Waals surface area contributed by atoms with Gasteiger partial charge < -0.3 is 26.2 Å². The first-order valence-corrected chi connectivity index (χ1v) is 6.62. The molecule has 0 radical (unpaired) electrons. The van der Waals surface area contributed by atoms with Crippen LogP contribution in [0.5, 0.6) is 0 Å². The lowest BCUT2D eigenvalue weighted by atomic mass is 9.93. The molecule has 1 saturated heterocycles. The van der Waals surface area contributed by atoms with Crippen LogP contribution in [0.2, 0.25) is 0 Å². The van der Waals surface area contributed by atoms with Crippen LogP contribution in [0.3, 0.4) is 0 Å². The Morgan fingerprint density at radius 1 is 1.30 bits per heavy atom. The molecule has 1 aliphatic rings. The Morgan fingerprint density at radius 2 is 1.90 bits per heavy atom. The minimum Gasteiger partial charge on any atom is -0.479 e. The fourth-order valence-electron chi connectivity index (χ4n) is 2.18. The van der Waals surface area contributed by atoms with Gasteiger partial charge in [-0.05, 0) is 18.8 Å². The second-order valence-corrected chi connectivity index (χ2v) is 4.98. The van der Waals surface area contributed by atoms with Crippen LogP contribution in [-0.4, -0.2) is 58.8 Å². The lowest BCUT2D eigenvalue weighted by Gasteiger charge is -2.31. The van der Waals surface area contributed by atoms with Gasteiger partial charge in [0, 0.05) is 32.5 Å². The van der Waals surface area contributed by atoms with Crippen LogP contribution < -0.4 is 11.1 Å². The zero-order valence-electron chi connectivity index (χ0n) is 11.2. The number of nitrogens with zero attached hydrogens (tertiary/aromatic N) is 1. The fourth-order valence-corrected chi connectivity index (χ4v) is 2.18. The molecule has 0 saturated carbocycles. The average Bonchev–Trinajstić information content (AvgIpc) is 2.38. The number of aliphatic carboxylic acids is 1. The molecule has 0 unspecified atom stereocenters. The predicted octanol–water partition coefficient (Wildman–Crippen LogP) is -0.881. The minimum absolute atomic E-state index is 0.0286. The number of aliphatic hydroxyl groups excluding tert-OH is 1. The van der Waals surface area contributed by atoms with E-state index in [1.807, 2.05) is 0 Å². The molecule has 8 heteroatoms. The molecule has 0 bridgehead atoms. The molecule has 0 aromatic heterocycles. The van der Waals surface area contributed by atoms with Crippen molar-refractivity contribution in [2.45, 2.75) is 31.8 Å². The number of amides is 3. The summed E-state index contributed by atoms with van der Waals surface area (Å²) in [5.41, 5.74) is 5.13. The first kappa shape index (κ1) is 16.2. The van der Waals surface area contributed by atoms with Gasteiger partial charge in [0.2, 0.25) is 5.91 Å². The third-order valence-electron chi connectivity index (χ3n) is 3.37. The maximum absolute atomic E-state index is 11.8. The van der Waals surface area contributed by atoms with Gasteiger partial charge in [0.1, 0.15) is 0 Å². The fraction of sp³-hybridized carbons (Fsp3) is 0.750. The number of urea groups is 1. The Hall–Kier alpha value is -1.83. The smallest absolute Gasteiger partial charge is 0.332 e. The molecule has 3 amide bonds. The topological polar surface area (TPSA) is 133 Å². The number of hydrogen-bond donors (Lipinski definition) is 4. The zero-order valence-corrected chi connectivity index (χ0v) is 11.2. The van der Waals surface area contributed by atoms with E-state index in [2.05, 4.69) is 5.32 Å². The van der Waals surface area contributed by atoms with Crippen molar-refractivity contribution in [2.24, 2.45) is 11.7 Å². The number of carboxylic acid groups (broad SMARTS) is 1. The highest BCUT2D eigenvalue weighted by Gasteiger charge is 2.23. The average molecular weight is 287 g/mol. The number of primary amides is 1. The van der Waals surface area contributed by atoms with Crippen LogP contribution in [0.4, 0.5) is 4.79 Å². The Kier molecular flexibility index (Phi) is 6.23. The normalized spacial score (nSPS) is 17.6. The largest absolute Gasteiger partial charge is 0.479 e. The van der Waals surface area contributed by atoms with Crippen LogP contribution in [0.25, 0.3) is 0 Å². The summed E-state index contributed by atoms with van der Waals surface area (Å²) < 4.78 is 0. The molecule has 1 aliphatic heterocycles. The third-order valence-corrected chi connectivity index (χ3v) is 3.37. The summed E-state index contributed by atoms with van der Waals surface area (Å²) in [4.78, 5) is 34.6. The number of hydrogen-bond acceptors (Lipinski definition) is 4. The van der Waals surface area contributed by atoms with Gasteiger partial charge in [0.15, 0.2) is 6.10 Å². The van der Waals surface area contributed by atoms with Crippen molar-refractivity contribution < 1.29 is 24.6 Å². The molecule has 1 atom stereocenters. The monoisotopic (exact) mass is 287 g/mol. The van der Waals surface area contributed by atoms with E-state index < -0.39 is 12.1 Å². The standard InChI is InChI=1S/C12H21N3O5/c13-10(17)7-8-2-5-15(6-3-8)12(20)14-4-1-9(16)11(18)19/h8-9,16H,1-7H2,(H2,13,17)(H,14,20)(H,18,19)/t9-/m0/s1. The van der Waals surface area contributed by atoms with Crippen molar-refractivity contribution in [1.29, 1.82) is 0 Å². The van der Waals surface area contributed by atoms with E-state index in [1.165, 1.54) is 0 Å². The molecular formula is C12H21N3O5. The van der Waals surface area contributed by atoms with Crippen LogP contribution in [0, 0.1) is 5.92 Å². The summed E-state index contributed by atoms with van der Waals surface area (Å²) in [7, 11) is 0. The molecule has 1 heterocycles. The summed E-state index contributed by atoms with van der Waals surface area (Å²) >= 11 is 0. The van der Waals surface area contributed by atoms with Gasteiger partial charge in [-0.15, -0.1) is 0 Å². The number of carbonyl (C=O) groups is 3. The van der Waals surface area contributed by atoms with E-state index in [0.29, 0.717) is 19.5 Å². The Balaban J connectivity index is 2.22. The van der Waals surface area contributed by atoms with Crippen LogP contribution in [-0.2, 0) is 9.59 Å². The highest BCUT2D eigenvalue weighted by molar-refractivity contribution is 5.75. The van der Waals surface area contributed by atoms with Gasteiger partial charge in [-0.1, -0.05) is 0 Å². The molecule has 0 aromatic carbocycles. The van der Waals surface area contributed by atoms with Gasteiger partial charge in [-0.25, -0.2) is 9.59 Å². The Bertz CT molecular complexity index is 366. The van der Waals surface area contributed by atoms with E-state index >= 15 is 0 Å². The van der Waals surface area contributed by atoms with Crippen molar-refractivity contribution in [3.05, 3.63) is 0 Å². The van der Waals surface area contributed by atoms with Gasteiger partial charge in [-0.3, -0.25) is 4.79 Å². The lowest BCUT2D eigenvalue weighted by Crippen LogP contribution is -2.45. The second kappa shape index (κ2) is 7.68. The summed E-state index contributed by atoms with van der Waals surface area (Å²) in [5, 5.41) is 20.1. The van der Waals surface area contributed by atoms with Crippen molar-refractivity contribution in [3.8, 4) is 0 Å². The third kappa shape index (κ3) is 5.43. The molecule has 8 nitrogen and oxygen atoms in total. The van der Waals surface area contributed by atoms with Crippen LogP contribution in [0.1, 0.15) is 25.7 Å². The molecule has 0 spiro atoms. The van der Waals surface area contributed by atoms with Gasteiger partial charge in [0.25, 0.3) is 0 Å². The summed E-state index contributed by atoms with van der Waals surface area (Å²) in [5.74, 6) is -1.40. The second-order valence-electron chi connectivity index (χ2n) is 4.98. The number of carbonyl (C=O) groups excluding carboxylic acids is 2. The maximum atomic E-state index is 11.8. The molecule has 0 aliphatic carbocycles. The zero-order chi connectivity index (χ0) is 15.1. The number of nitrogens with two attached hydrogens (primary N) is 1. The highest BCUT2D eigenvalue weighted by Crippen LogP contribution is 2.19. The van der Waals surface area contributed by atoms with E-state index in [9.17, 15) is 14.4 Å². The number of nitrogens with one attached hydrogen (secondary N) is 1. The summed E-state index contributed by atoms with van der Waals surface area (Å²) in [6, 6.07) is -0.278. The van der Waals surface area contributed by atoms with Gasteiger partial charge in [0.05, 0.1) is 0 Å². The quantitative estimate of drug-likeness (QED) is 0.503. The number of likely N-dealkylation sites (tertiary alicyclic amines) is 1. The molecule has 5 N–H and O–H groups in total. The molecule has 114 valence electrons. The molecule has 1 rings (SSSR count). The van der Waals surface area contributed by atoms with Crippen LogP contribution in [0.15, 0.2) is 0 Å². The first-order valence-electron chi connectivity index (χ1n) is 6.62. The van der Waals surface area contributed by atoms with Gasteiger partial charge in [-0.2, -0.15) is 0 Å². The lowest BCUT2D eigenvalue weighted by molar-refractivity contribution is -0.146. The summed E-state index contributed by atoms with van der Waals surface area (Å²) in [6.07, 6.45) is 0.318. The van der Waals surface area contributed by atoms with E-state index in [4.69, 9.17) is 15.9 Å². The van der Waals surface area contributed by atoms with Crippen LogP contribution >= 0.6 is 0 Å². The molecule has 20 heavy (non-hydrogen) atoms. The first-order chi connectivity index (χ1) is 9.40. The minimum atomic E-state index is -1.46. The van der Waals surface area contributed by atoms with Gasteiger partial charge >= 0.3 is 12.0 Å². The molecule has 1 fully saturated rings. The van der Waals surface area contributed by atoms with Crippen molar-refractivity contribution in [1.82, 2.24) is 10.2 Å². The van der Waals surface area contributed by atoms with E-state index in [1.54, 1.807) is 4.90 Å². The molecular weight excluding hydrogens is 266 g/mol. The SMILES string of the molecule is NC(=O)CC1CCN(C(=O)NCC[C@H](O)C(=O)O)CC1. The van der Waals surface area contributed by atoms with E-state index in [0.717, 1.165) is 12.8 Å². The maximum Gasteiger partial charge on any atom is 0.332 e. The van der Waals surface area contributed by atoms with Crippen molar-refractivity contribution in [2.75, 3.05) is 19.6 Å². The van der Waals surface area contributed by atoms with Crippen molar-refractivity contribution >= 4 is 17.9 Å². The highest BCUT2D eigenvalue weighted by atomic mass is 16.4. The molecule has 0 aromatic rings. The Labute approximate surface area is 116 Å². The van der Waals surface area contributed by atoms with E-state index in [-0.39, 0.29) is 30.8 Å². The number of rotatable bonds is 6. The Morgan fingerprint density at radius 3 is 2.40 bits per heavy atom. The summed E-state index contributed by atoms with van der Waals surface area (Å²) in [6.45, 7) is 1.20. The number of carboxylic acids is 1. The number of aliphatic hydroxyl groups is 1.